The maximum absolute atomic E-state index is 12.9. The van der Waals surface area contributed by atoms with Gasteiger partial charge in [-0.15, -0.1) is 0 Å². The summed E-state index contributed by atoms with van der Waals surface area (Å²) in [6.07, 6.45) is 1.65. The molecule has 1 aliphatic heterocycles. The van der Waals surface area contributed by atoms with Gasteiger partial charge in [0, 0.05) is 44.0 Å². The van der Waals surface area contributed by atoms with E-state index in [9.17, 15) is 14.0 Å². The van der Waals surface area contributed by atoms with E-state index in [1.54, 1.807) is 12.3 Å². The molecule has 2 heterocycles. The molecule has 0 spiro atoms. The molecular formula is C17H20FN5O2. The first-order valence-electron chi connectivity index (χ1n) is 8.08. The molecule has 7 nitrogen and oxygen atoms in total. The molecule has 1 aliphatic rings. The van der Waals surface area contributed by atoms with E-state index in [1.807, 2.05) is 11.9 Å². The van der Waals surface area contributed by atoms with Crippen molar-refractivity contribution in [3.8, 4) is 0 Å². The Labute approximate surface area is 145 Å². The topological polar surface area (TPSA) is 70.5 Å². The Balaban J connectivity index is 1.56. The fraction of sp³-hybridized carbons (Fsp3) is 0.353. The summed E-state index contributed by atoms with van der Waals surface area (Å²) in [5.74, 6) is -0.424. The lowest BCUT2D eigenvalue weighted by atomic mass is 10.2. The Morgan fingerprint density at radius 1 is 1.12 bits per heavy atom. The van der Waals surface area contributed by atoms with Gasteiger partial charge in [0.15, 0.2) is 5.82 Å². The third-order valence-electron chi connectivity index (χ3n) is 4.14. The number of nitrogens with zero attached hydrogens (tertiary/aromatic N) is 4. The number of anilines is 1. The molecule has 8 heteroatoms. The van der Waals surface area contributed by atoms with E-state index in [2.05, 4.69) is 15.3 Å². The van der Waals surface area contributed by atoms with Crippen molar-refractivity contribution in [1.29, 1.82) is 0 Å². The Bertz CT molecular complexity index is 751. The van der Waals surface area contributed by atoms with Crippen LogP contribution in [0.5, 0.6) is 0 Å². The summed E-state index contributed by atoms with van der Waals surface area (Å²) in [5.41, 5.74) is 0.337. The number of hydrogen-bond acceptors (Lipinski definition) is 4. The van der Waals surface area contributed by atoms with Gasteiger partial charge in [-0.05, 0) is 31.3 Å². The highest BCUT2D eigenvalue weighted by Crippen LogP contribution is 2.09. The van der Waals surface area contributed by atoms with Crippen molar-refractivity contribution < 1.29 is 14.0 Å². The first kappa shape index (κ1) is 17.1. The van der Waals surface area contributed by atoms with Gasteiger partial charge in [0.2, 0.25) is 5.91 Å². The van der Waals surface area contributed by atoms with Gasteiger partial charge < -0.3 is 15.1 Å². The fourth-order valence-electron chi connectivity index (χ4n) is 2.60. The third-order valence-corrected chi connectivity index (χ3v) is 4.14. The second kappa shape index (κ2) is 7.43. The van der Waals surface area contributed by atoms with Gasteiger partial charge in [-0.2, -0.15) is 5.10 Å². The van der Waals surface area contributed by atoms with E-state index in [4.69, 9.17) is 0 Å². The van der Waals surface area contributed by atoms with Crippen molar-refractivity contribution >= 4 is 17.6 Å². The second-order valence-electron chi connectivity index (χ2n) is 6.04. The molecule has 0 saturated carbocycles. The van der Waals surface area contributed by atoms with Crippen molar-refractivity contribution in [2.75, 3.05) is 38.5 Å². The quantitative estimate of drug-likeness (QED) is 0.899. The number of halogens is 1. The Kier molecular flexibility index (Phi) is 5.08. The lowest BCUT2D eigenvalue weighted by molar-refractivity contribution is -0.133. The monoisotopic (exact) mass is 345 g/mol. The summed E-state index contributed by atoms with van der Waals surface area (Å²) in [5, 5.41) is 6.83. The maximum atomic E-state index is 12.9. The Morgan fingerprint density at radius 2 is 1.80 bits per heavy atom. The Hall–Kier alpha value is -2.74. The number of benzene rings is 1. The molecule has 0 unspecified atom stereocenters. The number of nitrogens with one attached hydrogen (secondary N) is 1. The first-order valence-corrected chi connectivity index (χ1v) is 8.08. The van der Waals surface area contributed by atoms with Crippen molar-refractivity contribution in [3.63, 3.8) is 0 Å². The molecule has 0 atom stereocenters. The van der Waals surface area contributed by atoms with Gasteiger partial charge >= 0.3 is 0 Å². The van der Waals surface area contributed by atoms with E-state index in [1.165, 1.54) is 28.9 Å². The van der Waals surface area contributed by atoms with E-state index >= 15 is 0 Å². The smallest absolute Gasteiger partial charge is 0.256 e. The fourth-order valence-corrected chi connectivity index (χ4v) is 2.60. The van der Waals surface area contributed by atoms with Crippen LogP contribution in [0.15, 0.2) is 36.5 Å². The number of likely N-dealkylation sites (N-methyl/N-ethyl adjacent to an activating group) is 1. The van der Waals surface area contributed by atoms with Crippen LogP contribution in [-0.2, 0) is 11.3 Å². The summed E-state index contributed by atoms with van der Waals surface area (Å²) in [7, 11) is 2.03. The molecule has 0 aliphatic carbocycles. The molecule has 1 saturated heterocycles. The predicted molar refractivity (Wildman–Crippen MR) is 90.7 cm³/mol. The van der Waals surface area contributed by atoms with E-state index < -0.39 is 5.82 Å². The number of amides is 2. The molecule has 1 fully saturated rings. The molecule has 0 bridgehead atoms. The van der Waals surface area contributed by atoms with Gasteiger partial charge in [0.25, 0.3) is 5.91 Å². The summed E-state index contributed by atoms with van der Waals surface area (Å²) < 4.78 is 14.4. The first-order chi connectivity index (χ1) is 12.0. The van der Waals surface area contributed by atoms with E-state index in [-0.39, 0.29) is 18.4 Å². The van der Waals surface area contributed by atoms with Crippen LogP contribution in [0.3, 0.4) is 0 Å². The Morgan fingerprint density at radius 3 is 2.48 bits per heavy atom. The summed E-state index contributed by atoms with van der Waals surface area (Å²) in [6, 6.07) is 6.88. The van der Waals surface area contributed by atoms with Gasteiger partial charge in [-0.1, -0.05) is 0 Å². The minimum atomic E-state index is -0.400. The summed E-state index contributed by atoms with van der Waals surface area (Å²) in [4.78, 5) is 28.4. The molecule has 1 aromatic heterocycles. The minimum absolute atomic E-state index is 0.00705. The minimum Gasteiger partial charge on any atom is -0.339 e. The average Bonchev–Trinajstić information content (AvgIpc) is 3.02. The van der Waals surface area contributed by atoms with E-state index in [0.29, 0.717) is 24.5 Å². The number of piperazine rings is 1. The second-order valence-corrected chi connectivity index (χ2v) is 6.04. The highest BCUT2D eigenvalue weighted by atomic mass is 19.1. The van der Waals surface area contributed by atoms with Crippen LogP contribution in [0, 0.1) is 5.82 Å². The molecule has 2 amide bonds. The molecule has 2 aromatic rings. The van der Waals surface area contributed by atoms with Gasteiger partial charge in [0.05, 0.1) is 0 Å². The molecule has 132 valence electrons. The number of aromatic nitrogens is 2. The molecular weight excluding hydrogens is 325 g/mol. The van der Waals surface area contributed by atoms with Crippen LogP contribution < -0.4 is 5.32 Å². The van der Waals surface area contributed by atoms with Gasteiger partial charge in [-0.25, -0.2) is 4.39 Å². The zero-order valence-corrected chi connectivity index (χ0v) is 14.0. The zero-order valence-electron chi connectivity index (χ0n) is 14.0. The SMILES string of the molecule is CN1CCN(C(=O)Cn2ccc(NC(=O)c3ccc(F)cc3)n2)CC1. The van der Waals surface area contributed by atoms with Crippen molar-refractivity contribution in [3.05, 3.63) is 47.9 Å². The maximum Gasteiger partial charge on any atom is 0.256 e. The number of rotatable bonds is 4. The van der Waals surface area contributed by atoms with Crippen molar-refractivity contribution in [2.24, 2.45) is 0 Å². The van der Waals surface area contributed by atoms with Crippen LogP contribution >= 0.6 is 0 Å². The predicted octanol–water partition coefficient (Wildman–Crippen LogP) is 1.05. The number of carbonyl (C=O) groups excluding carboxylic acids is 2. The third kappa shape index (κ3) is 4.42. The van der Waals surface area contributed by atoms with Gasteiger partial charge in [-0.3, -0.25) is 14.3 Å². The lowest BCUT2D eigenvalue weighted by Gasteiger charge is -2.32. The summed E-state index contributed by atoms with van der Waals surface area (Å²) >= 11 is 0. The number of hydrogen-bond donors (Lipinski definition) is 1. The normalized spacial score (nSPS) is 15.2. The van der Waals surface area contributed by atoms with Crippen molar-refractivity contribution in [2.45, 2.75) is 6.54 Å². The molecule has 1 N–H and O–H groups in total. The van der Waals surface area contributed by atoms with Crippen LogP contribution in [0.25, 0.3) is 0 Å². The average molecular weight is 345 g/mol. The summed E-state index contributed by atoms with van der Waals surface area (Å²) in [6.45, 7) is 3.29. The highest BCUT2D eigenvalue weighted by molar-refractivity contribution is 6.03. The van der Waals surface area contributed by atoms with Gasteiger partial charge in [0.1, 0.15) is 12.4 Å². The zero-order chi connectivity index (χ0) is 17.8. The highest BCUT2D eigenvalue weighted by Gasteiger charge is 2.19. The largest absolute Gasteiger partial charge is 0.339 e. The molecule has 0 radical (unpaired) electrons. The number of carbonyl (C=O) groups is 2. The van der Waals surface area contributed by atoms with Crippen LogP contribution in [0.1, 0.15) is 10.4 Å². The molecule has 1 aromatic carbocycles. The van der Waals surface area contributed by atoms with Crippen LogP contribution in [0.4, 0.5) is 10.2 Å². The molecule has 25 heavy (non-hydrogen) atoms. The van der Waals surface area contributed by atoms with Crippen LogP contribution in [-0.4, -0.2) is 64.6 Å². The standard InChI is InChI=1S/C17H20FN5O2/c1-21-8-10-22(11-9-21)16(24)12-23-7-6-15(20-23)19-17(25)13-2-4-14(18)5-3-13/h2-7H,8-12H2,1H3,(H,19,20,25). The van der Waals surface area contributed by atoms with Crippen molar-refractivity contribution in [1.82, 2.24) is 19.6 Å². The van der Waals surface area contributed by atoms with E-state index in [0.717, 1.165) is 13.1 Å². The molecule has 3 rings (SSSR count). The van der Waals surface area contributed by atoms with Crippen LogP contribution in [0.2, 0.25) is 0 Å². The lowest BCUT2D eigenvalue weighted by Crippen LogP contribution is -2.48.